The molecule has 5 rings (SSSR count). The van der Waals surface area contributed by atoms with E-state index >= 15 is 0 Å². The van der Waals surface area contributed by atoms with Crippen molar-refractivity contribution >= 4 is 11.7 Å². The van der Waals surface area contributed by atoms with E-state index < -0.39 is 0 Å². The maximum absolute atomic E-state index is 13.3. The second-order valence-electron chi connectivity index (χ2n) is 6.68. The maximum Gasteiger partial charge on any atom is 0.255 e. The van der Waals surface area contributed by atoms with Crippen LogP contribution in [0, 0.1) is 0 Å². The first-order valence-corrected chi connectivity index (χ1v) is 8.70. The van der Waals surface area contributed by atoms with Crippen LogP contribution < -0.4 is 0 Å². The predicted octanol–water partition coefficient (Wildman–Crippen LogP) is 3.54. The molecular formula is C22H16N2O2. The lowest BCUT2D eigenvalue weighted by atomic mass is 9.84. The van der Waals surface area contributed by atoms with Crippen LogP contribution in [0.5, 0.6) is 0 Å². The Morgan fingerprint density at radius 2 is 1.92 bits per heavy atom. The van der Waals surface area contributed by atoms with Gasteiger partial charge < -0.3 is 4.90 Å². The third-order valence-electron chi connectivity index (χ3n) is 5.25. The molecule has 1 atom stereocenters. The number of rotatable bonds is 2. The SMILES string of the molecule is O=C1C2=C3CC=CC=C3C(=O)N(Cc3ccccn3)C2c2ccccc21. The van der Waals surface area contributed by atoms with Crippen LogP contribution >= 0.6 is 0 Å². The monoisotopic (exact) mass is 340 g/mol. The van der Waals surface area contributed by atoms with Gasteiger partial charge in [0.05, 0.1) is 18.3 Å². The zero-order valence-corrected chi connectivity index (χ0v) is 14.1. The van der Waals surface area contributed by atoms with Gasteiger partial charge in [-0.15, -0.1) is 0 Å². The summed E-state index contributed by atoms with van der Waals surface area (Å²) in [5.74, 6) is 0.00794. The highest BCUT2D eigenvalue weighted by atomic mass is 16.2. The van der Waals surface area contributed by atoms with Crippen LogP contribution in [-0.2, 0) is 11.3 Å². The highest BCUT2D eigenvalue weighted by molar-refractivity contribution is 6.18. The van der Waals surface area contributed by atoms with E-state index in [2.05, 4.69) is 4.98 Å². The number of allylic oxidation sites excluding steroid dienone is 3. The van der Waals surface area contributed by atoms with Gasteiger partial charge in [0.1, 0.15) is 0 Å². The summed E-state index contributed by atoms with van der Waals surface area (Å²) in [7, 11) is 0. The third kappa shape index (κ3) is 2.05. The molecule has 0 bridgehead atoms. The summed E-state index contributed by atoms with van der Waals surface area (Å²) in [6, 6.07) is 13.0. The molecule has 4 heteroatoms. The highest BCUT2D eigenvalue weighted by Crippen LogP contribution is 2.48. The van der Waals surface area contributed by atoms with E-state index in [0.29, 0.717) is 24.1 Å². The molecule has 1 unspecified atom stereocenters. The van der Waals surface area contributed by atoms with E-state index in [0.717, 1.165) is 22.4 Å². The minimum absolute atomic E-state index is 0.0340. The summed E-state index contributed by atoms with van der Waals surface area (Å²) in [5, 5.41) is 0. The summed E-state index contributed by atoms with van der Waals surface area (Å²) < 4.78 is 0. The zero-order valence-electron chi connectivity index (χ0n) is 14.1. The summed E-state index contributed by atoms with van der Waals surface area (Å²) in [4.78, 5) is 32.6. The first-order chi connectivity index (χ1) is 12.8. The number of carbonyl (C=O) groups excluding carboxylic acids is 2. The highest BCUT2D eigenvalue weighted by Gasteiger charge is 2.46. The zero-order chi connectivity index (χ0) is 17.7. The van der Waals surface area contributed by atoms with E-state index in [1.54, 1.807) is 11.1 Å². The van der Waals surface area contributed by atoms with Gasteiger partial charge in [0, 0.05) is 22.9 Å². The molecule has 2 aromatic rings. The van der Waals surface area contributed by atoms with Gasteiger partial charge in [-0.05, 0) is 35.8 Å². The number of nitrogens with zero attached hydrogens (tertiary/aromatic N) is 2. The molecule has 0 radical (unpaired) electrons. The lowest BCUT2D eigenvalue weighted by Gasteiger charge is -2.37. The average Bonchev–Trinajstić information content (AvgIpc) is 2.99. The van der Waals surface area contributed by atoms with Crippen molar-refractivity contribution in [3.8, 4) is 0 Å². The summed E-state index contributed by atoms with van der Waals surface area (Å²) >= 11 is 0. The van der Waals surface area contributed by atoms with Crippen molar-refractivity contribution < 1.29 is 9.59 Å². The van der Waals surface area contributed by atoms with Crippen LogP contribution in [0.3, 0.4) is 0 Å². The molecule has 126 valence electrons. The van der Waals surface area contributed by atoms with Crippen LogP contribution in [0.4, 0.5) is 0 Å². The van der Waals surface area contributed by atoms with Gasteiger partial charge >= 0.3 is 0 Å². The molecule has 3 aliphatic rings. The van der Waals surface area contributed by atoms with Crippen LogP contribution in [0.25, 0.3) is 0 Å². The summed E-state index contributed by atoms with van der Waals surface area (Å²) in [5.41, 5.74) is 4.69. The van der Waals surface area contributed by atoms with Gasteiger partial charge in [-0.2, -0.15) is 0 Å². The second kappa shape index (κ2) is 5.63. The number of hydrogen-bond donors (Lipinski definition) is 0. The lowest BCUT2D eigenvalue weighted by Crippen LogP contribution is -2.40. The first-order valence-electron chi connectivity index (χ1n) is 8.70. The number of carbonyl (C=O) groups is 2. The molecule has 1 aromatic heterocycles. The fourth-order valence-electron chi connectivity index (χ4n) is 4.11. The van der Waals surface area contributed by atoms with Crippen molar-refractivity contribution in [3.05, 3.63) is 100 Å². The Hall–Kier alpha value is -3.27. The van der Waals surface area contributed by atoms with Gasteiger partial charge in [-0.1, -0.05) is 42.5 Å². The number of Topliss-reactive ketones (excluding diaryl/α,β-unsaturated/α-hetero) is 1. The number of hydrogen-bond acceptors (Lipinski definition) is 3. The number of aromatic nitrogens is 1. The van der Waals surface area contributed by atoms with Crippen molar-refractivity contribution in [2.45, 2.75) is 19.0 Å². The Morgan fingerprint density at radius 1 is 1.08 bits per heavy atom. The normalized spacial score (nSPS) is 20.7. The van der Waals surface area contributed by atoms with Crippen LogP contribution in [-0.4, -0.2) is 21.6 Å². The van der Waals surface area contributed by atoms with Crippen molar-refractivity contribution in [2.24, 2.45) is 0 Å². The molecule has 0 N–H and O–H groups in total. The molecule has 0 saturated heterocycles. The molecule has 0 spiro atoms. The van der Waals surface area contributed by atoms with Gasteiger partial charge in [0.2, 0.25) is 0 Å². The molecule has 4 nitrogen and oxygen atoms in total. The lowest BCUT2D eigenvalue weighted by molar-refractivity contribution is -0.129. The van der Waals surface area contributed by atoms with E-state index in [4.69, 9.17) is 0 Å². The molecule has 1 aromatic carbocycles. The Labute approximate surface area is 151 Å². The van der Waals surface area contributed by atoms with Crippen LogP contribution in [0.15, 0.2) is 83.6 Å². The van der Waals surface area contributed by atoms with Gasteiger partial charge in [0.25, 0.3) is 5.91 Å². The number of benzene rings is 1. The van der Waals surface area contributed by atoms with Gasteiger partial charge in [-0.25, -0.2) is 0 Å². The van der Waals surface area contributed by atoms with Crippen LogP contribution in [0.2, 0.25) is 0 Å². The Kier molecular flexibility index (Phi) is 3.25. The molecule has 1 aliphatic heterocycles. The minimum Gasteiger partial charge on any atom is -0.321 e. The van der Waals surface area contributed by atoms with Crippen molar-refractivity contribution in [1.29, 1.82) is 0 Å². The van der Waals surface area contributed by atoms with E-state index in [1.807, 2.05) is 60.7 Å². The topological polar surface area (TPSA) is 50.3 Å². The van der Waals surface area contributed by atoms with Crippen LogP contribution in [0.1, 0.15) is 34.1 Å². The molecule has 0 saturated carbocycles. The van der Waals surface area contributed by atoms with Crippen molar-refractivity contribution in [3.63, 3.8) is 0 Å². The van der Waals surface area contributed by atoms with Gasteiger partial charge in [-0.3, -0.25) is 14.6 Å². The maximum atomic E-state index is 13.3. The number of fused-ring (bicyclic) bond motifs is 4. The Morgan fingerprint density at radius 3 is 2.77 bits per heavy atom. The Bertz CT molecular complexity index is 1030. The molecule has 1 amide bonds. The van der Waals surface area contributed by atoms with Crippen molar-refractivity contribution in [1.82, 2.24) is 9.88 Å². The molecule has 26 heavy (non-hydrogen) atoms. The number of amides is 1. The smallest absolute Gasteiger partial charge is 0.255 e. The summed E-state index contributed by atoms with van der Waals surface area (Å²) in [6.07, 6.45) is 8.07. The molecule has 0 fully saturated rings. The third-order valence-corrected chi connectivity index (χ3v) is 5.25. The average molecular weight is 340 g/mol. The largest absolute Gasteiger partial charge is 0.321 e. The predicted molar refractivity (Wildman–Crippen MR) is 97.2 cm³/mol. The fourth-order valence-corrected chi connectivity index (χ4v) is 4.11. The molecular weight excluding hydrogens is 324 g/mol. The number of ketones is 1. The standard InChI is InChI=1S/C22H16N2O2/c25-21-17-10-3-2-9-16(17)20-19(21)15-8-1-4-11-18(15)22(26)24(20)13-14-7-5-6-12-23-14/h1-7,9-12,20H,8,13H2. The Balaban J connectivity index is 1.71. The molecule has 2 aliphatic carbocycles. The second-order valence-corrected chi connectivity index (χ2v) is 6.68. The minimum atomic E-state index is -0.327. The summed E-state index contributed by atoms with van der Waals surface area (Å²) in [6.45, 7) is 0.379. The number of pyridine rings is 1. The molecule has 2 heterocycles. The van der Waals surface area contributed by atoms with E-state index in [1.165, 1.54) is 0 Å². The van der Waals surface area contributed by atoms with Crippen molar-refractivity contribution in [2.75, 3.05) is 0 Å². The van der Waals surface area contributed by atoms with Gasteiger partial charge in [0.15, 0.2) is 5.78 Å². The quantitative estimate of drug-likeness (QED) is 0.840. The first kappa shape index (κ1) is 15.0. The van der Waals surface area contributed by atoms with E-state index in [-0.39, 0.29) is 17.7 Å². The fraction of sp³-hybridized carbons (Fsp3) is 0.136. The van der Waals surface area contributed by atoms with E-state index in [9.17, 15) is 9.59 Å².